The van der Waals surface area contributed by atoms with Crippen LogP contribution in [0.2, 0.25) is 0 Å². The van der Waals surface area contributed by atoms with Crippen LogP contribution in [0.15, 0.2) is 183 Å². The van der Waals surface area contributed by atoms with Crippen LogP contribution in [0.4, 0.5) is 34.1 Å². The van der Waals surface area contributed by atoms with Gasteiger partial charge in [0, 0.05) is 52.1 Å². The Morgan fingerprint density at radius 2 is 1.11 bits per heavy atom. The predicted molar refractivity (Wildman–Crippen MR) is 234 cm³/mol. The Morgan fingerprint density at radius 1 is 0.509 bits per heavy atom. The Bertz CT molecular complexity index is 2810. The number of nitrogens with zero attached hydrogens (tertiary/aromatic N) is 3. The lowest BCUT2D eigenvalue weighted by Crippen LogP contribution is -2.14. The van der Waals surface area contributed by atoms with Crippen LogP contribution in [0.5, 0.6) is 0 Å². The second-order valence-corrected chi connectivity index (χ2v) is 14.6. The molecule has 3 nitrogen and oxygen atoms in total. The highest BCUT2D eigenvalue weighted by molar-refractivity contribution is 5.94. The highest BCUT2D eigenvalue weighted by Gasteiger charge is 2.39. The topological polar surface area (TPSA) is 19.4 Å². The highest BCUT2D eigenvalue weighted by Crippen LogP contribution is 2.54. The SMILES string of the molecule is C=Cc1ccc(N(c2cc(-c3cccnc3)cc(N(c3ccc4c(c3)C=CC3CC43)c3ccc4ccccc4c3)c2)c2ccc3ccccc3c2)cc1C=C. The van der Waals surface area contributed by atoms with Crippen LogP contribution in [0.1, 0.15) is 34.6 Å². The molecule has 2 unspecified atom stereocenters. The van der Waals surface area contributed by atoms with Crippen LogP contribution in [0, 0.1) is 5.92 Å². The van der Waals surface area contributed by atoms with E-state index in [0.717, 1.165) is 56.4 Å². The second-order valence-electron chi connectivity index (χ2n) is 14.6. The van der Waals surface area contributed by atoms with E-state index in [1.54, 1.807) is 0 Å². The minimum Gasteiger partial charge on any atom is -0.310 e. The molecule has 1 heterocycles. The molecule has 1 saturated carbocycles. The van der Waals surface area contributed by atoms with Crippen molar-refractivity contribution in [1.29, 1.82) is 0 Å². The van der Waals surface area contributed by atoms with Gasteiger partial charge in [-0.2, -0.15) is 0 Å². The normalized spacial score (nSPS) is 15.3. The van der Waals surface area contributed by atoms with Crippen molar-refractivity contribution in [2.45, 2.75) is 12.3 Å². The Kier molecular flexibility index (Phi) is 8.00. The van der Waals surface area contributed by atoms with Crippen molar-refractivity contribution < 1.29 is 0 Å². The van der Waals surface area contributed by atoms with E-state index < -0.39 is 0 Å². The van der Waals surface area contributed by atoms with Gasteiger partial charge in [0.2, 0.25) is 0 Å². The monoisotopic (exact) mass is 705 g/mol. The first kappa shape index (κ1) is 32.7. The molecule has 0 saturated heterocycles. The Hall–Kier alpha value is -6.97. The lowest BCUT2D eigenvalue weighted by Gasteiger charge is -2.31. The minimum atomic E-state index is 0.645. The van der Waals surface area contributed by atoms with Gasteiger partial charge in [-0.1, -0.05) is 116 Å². The number of hydrogen-bond acceptors (Lipinski definition) is 3. The molecule has 2 atom stereocenters. The van der Waals surface area contributed by atoms with Crippen molar-refractivity contribution in [3.63, 3.8) is 0 Å². The summed E-state index contributed by atoms with van der Waals surface area (Å²) in [5.41, 5.74) is 13.3. The van der Waals surface area contributed by atoms with Crippen LogP contribution < -0.4 is 9.80 Å². The molecule has 2 aliphatic rings. The molecule has 10 rings (SSSR count). The first-order chi connectivity index (χ1) is 27.1. The van der Waals surface area contributed by atoms with Crippen molar-refractivity contribution in [3.8, 4) is 11.1 Å². The first-order valence-electron chi connectivity index (χ1n) is 19.0. The molecular weight excluding hydrogens is 667 g/mol. The number of allylic oxidation sites excluding steroid dienone is 1. The predicted octanol–water partition coefficient (Wildman–Crippen LogP) is 14.4. The Balaban J connectivity index is 1.23. The number of rotatable bonds is 9. The van der Waals surface area contributed by atoms with E-state index in [-0.39, 0.29) is 0 Å². The van der Waals surface area contributed by atoms with E-state index >= 15 is 0 Å². The van der Waals surface area contributed by atoms with Crippen LogP contribution >= 0.6 is 0 Å². The van der Waals surface area contributed by atoms with E-state index in [9.17, 15) is 0 Å². The van der Waals surface area contributed by atoms with Crippen molar-refractivity contribution >= 4 is 73.9 Å². The summed E-state index contributed by atoms with van der Waals surface area (Å²) >= 11 is 0. The van der Waals surface area contributed by atoms with Gasteiger partial charge in [-0.25, -0.2) is 0 Å². The van der Waals surface area contributed by atoms with E-state index in [1.165, 1.54) is 39.1 Å². The van der Waals surface area contributed by atoms with Gasteiger partial charge in [0.25, 0.3) is 0 Å². The standard InChI is InChI=1S/C52H39N3/c1-3-35-17-20-45(26-36(35)4-2)54(46-21-18-37-10-5-7-12-39(37)27-46)49-30-44(43-14-9-25-53-34-43)31-50(33-49)55(47-22-19-38-11-6-8-13-40(38)28-47)48-23-24-51-41(29-48)15-16-42-32-52(42)51/h3-31,33-34,42,52H,1-2,32H2. The fourth-order valence-electron chi connectivity index (χ4n) is 8.34. The lowest BCUT2D eigenvalue weighted by atomic mass is 9.96. The van der Waals surface area contributed by atoms with Crippen LogP contribution in [0.25, 0.3) is 50.9 Å². The molecule has 0 amide bonds. The zero-order chi connectivity index (χ0) is 36.9. The maximum Gasteiger partial charge on any atom is 0.0488 e. The Labute approximate surface area is 322 Å². The molecule has 2 aliphatic carbocycles. The van der Waals surface area contributed by atoms with Gasteiger partial charge in [0.15, 0.2) is 0 Å². The molecule has 0 bridgehead atoms. The molecule has 1 fully saturated rings. The summed E-state index contributed by atoms with van der Waals surface area (Å²) in [7, 11) is 0. The summed E-state index contributed by atoms with van der Waals surface area (Å²) in [5.74, 6) is 1.34. The van der Waals surface area contributed by atoms with Gasteiger partial charge < -0.3 is 9.80 Å². The van der Waals surface area contributed by atoms with Crippen LogP contribution in [0.3, 0.4) is 0 Å². The van der Waals surface area contributed by atoms with Crippen molar-refractivity contribution in [1.82, 2.24) is 4.98 Å². The van der Waals surface area contributed by atoms with E-state index in [0.29, 0.717) is 11.8 Å². The van der Waals surface area contributed by atoms with Crippen molar-refractivity contribution in [2.24, 2.45) is 5.92 Å². The van der Waals surface area contributed by atoms with Gasteiger partial charge in [-0.15, -0.1) is 0 Å². The lowest BCUT2D eigenvalue weighted by molar-refractivity contribution is 0.995. The number of fused-ring (bicyclic) bond motifs is 5. The Morgan fingerprint density at radius 3 is 1.75 bits per heavy atom. The van der Waals surface area contributed by atoms with Crippen molar-refractivity contribution in [3.05, 3.63) is 206 Å². The summed E-state index contributed by atoms with van der Waals surface area (Å²) in [4.78, 5) is 9.33. The third kappa shape index (κ3) is 6.00. The molecule has 262 valence electrons. The molecule has 7 aromatic carbocycles. The number of aromatic nitrogens is 1. The summed E-state index contributed by atoms with van der Waals surface area (Å²) in [6.45, 7) is 8.23. The molecule has 8 aromatic rings. The minimum absolute atomic E-state index is 0.645. The van der Waals surface area contributed by atoms with Gasteiger partial charge in [-0.3, -0.25) is 4.98 Å². The fraction of sp³-hybridized carbons (Fsp3) is 0.0577. The van der Waals surface area contributed by atoms with E-state index in [1.807, 2.05) is 30.6 Å². The summed E-state index contributed by atoms with van der Waals surface area (Å²) in [5, 5.41) is 4.79. The maximum atomic E-state index is 4.56. The average Bonchev–Trinajstić information content (AvgIpc) is 4.05. The number of anilines is 6. The molecule has 0 aliphatic heterocycles. The van der Waals surface area contributed by atoms with E-state index in [4.69, 9.17) is 0 Å². The van der Waals surface area contributed by atoms with Gasteiger partial charge in [0.05, 0.1) is 0 Å². The molecule has 1 aromatic heterocycles. The maximum absolute atomic E-state index is 4.56. The summed E-state index contributed by atoms with van der Waals surface area (Å²) < 4.78 is 0. The third-order valence-electron chi connectivity index (χ3n) is 11.3. The highest BCUT2D eigenvalue weighted by atomic mass is 15.2. The van der Waals surface area contributed by atoms with Crippen molar-refractivity contribution in [2.75, 3.05) is 9.80 Å². The van der Waals surface area contributed by atoms with Gasteiger partial charge >= 0.3 is 0 Å². The third-order valence-corrected chi connectivity index (χ3v) is 11.3. The zero-order valence-electron chi connectivity index (χ0n) is 30.5. The fourth-order valence-corrected chi connectivity index (χ4v) is 8.34. The smallest absolute Gasteiger partial charge is 0.0488 e. The van der Waals surface area contributed by atoms with E-state index in [2.05, 4.69) is 186 Å². The average molecular weight is 706 g/mol. The van der Waals surface area contributed by atoms with Crippen LogP contribution in [-0.2, 0) is 0 Å². The first-order valence-corrected chi connectivity index (χ1v) is 19.0. The number of pyridine rings is 1. The van der Waals surface area contributed by atoms with Gasteiger partial charge in [-0.05, 0) is 140 Å². The summed E-state index contributed by atoms with van der Waals surface area (Å²) in [6, 6.07) is 55.2. The second kappa shape index (κ2) is 13.5. The van der Waals surface area contributed by atoms with Gasteiger partial charge in [0.1, 0.15) is 0 Å². The van der Waals surface area contributed by atoms with Crippen LogP contribution in [-0.4, -0.2) is 4.98 Å². The molecule has 55 heavy (non-hydrogen) atoms. The number of benzene rings is 7. The zero-order valence-corrected chi connectivity index (χ0v) is 30.5. The quantitative estimate of drug-likeness (QED) is 0.149. The molecule has 0 radical (unpaired) electrons. The molecule has 3 heteroatoms. The number of hydrogen-bond donors (Lipinski definition) is 0. The largest absolute Gasteiger partial charge is 0.310 e. The molecule has 0 spiro atoms. The summed E-state index contributed by atoms with van der Waals surface area (Å²) in [6.07, 6.45) is 13.6. The molecular formula is C52H39N3. The molecule has 0 N–H and O–H groups in total.